The summed E-state index contributed by atoms with van der Waals surface area (Å²) in [5.74, 6) is -2.41. The summed E-state index contributed by atoms with van der Waals surface area (Å²) < 4.78 is 31.2. The van der Waals surface area contributed by atoms with E-state index in [0.29, 0.717) is 11.3 Å². The van der Waals surface area contributed by atoms with Crippen molar-refractivity contribution in [3.05, 3.63) is 76.3 Å². The highest BCUT2D eigenvalue weighted by Gasteiger charge is 2.36. The molecule has 2 aliphatic carbocycles. The number of phenols is 1. The standard InChI is InChI=1S/C34H39Cl2F2N5O4/c35-25-14-21(15-26(36)30(25)44)17-28(41-29(32(37)38)22-8-5-11-24(18-22)43-13-12-39-19-43)33(46)42-27(16-20-6-4-7-20)31(45)34(47)40-23-9-2-1-3-10-23/h5,8,11-15,18-20,23,27-29,32,41,44H,1-4,6-7,9-10,16-17H2,(H,40,47)(H,42,46)/t27-,28-,29-/m0/s1. The molecule has 252 valence electrons. The summed E-state index contributed by atoms with van der Waals surface area (Å²) in [4.78, 5) is 44.6. The molecule has 2 amide bonds. The summed E-state index contributed by atoms with van der Waals surface area (Å²) in [7, 11) is 0. The van der Waals surface area contributed by atoms with Gasteiger partial charge in [0.2, 0.25) is 11.7 Å². The molecule has 2 aromatic carbocycles. The van der Waals surface area contributed by atoms with E-state index >= 15 is 0 Å². The number of carbonyl (C=O) groups is 3. The number of alkyl halides is 2. The van der Waals surface area contributed by atoms with Crippen molar-refractivity contribution in [2.75, 3.05) is 0 Å². The lowest BCUT2D eigenvalue weighted by Crippen LogP contribution is -2.55. The Labute approximate surface area is 282 Å². The van der Waals surface area contributed by atoms with Crippen LogP contribution in [0.2, 0.25) is 10.0 Å². The van der Waals surface area contributed by atoms with E-state index in [9.17, 15) is 28.3 Å². The van der Waals surface area contributed by atoms with Crippen LogP contribution in [0.3, 0.4) is 0 Å². The second-order valence-electron chi connectivity index (χ2n) is 12.5. The number of imidazole rings is 1. The van der Waals surface area contributed by atoms with E-state index in [1.165, 1.54) is 18.2 Å². The Morgan fingerprint density at radius 1 is 0.979 bits per heavy atom. The molecule has 2 aliphatic rings. The molecule has 47 heavy (non-hydrogen) atoms. The van der Waals surface area contributed by atoms with Crippen LogP contribution < -0.4 is 16.0 Å². The van der Waals surface area contributed by atoms with Crippen LogP contribution in [0.4, 0.5) is 8.78 Å². The van der Waals surface area contributed by atoms with Gasteiger partial charge in [-0.15, -0.1) is 0 Å². The molecule has 0 bridgehead atoms. The number of rotatable bonds is 14. The van der Waals surface area contributed by atoms with Crippen LogP contribution in [0.15, 0.2) is 55.1 Å². The van der Waals surface area contributed by atoms with Crippen molar-refractivity contribution in [1.82, 2.24) is 25.5 Å². The first-order chi connectivity index (χ1) is 22.6. The highest BCUT2D eigenvalue weighted by molar-refractivity contribution is 6.38. The van der Waals surface area contributed by atoms with Gasteiger partial charge in [0.05, 0.1) is 34.5 Å². The van der Waals surface area contributed by atoms with Crippen LogP contribution in [-0.4, -0.2) is 56.8 Å². The predicted molar refractivity (Wildman–Crippen MR) is 175 cm³/mol. The molecule has 1 heterocycles. The number of aromatic nitrogens is 2. The minimum absolute atomic E-state index is 0.0671. The monoisotopic (exact) mass is 689 g/mol. The SMILES string of the molecule is O=C(NC1CCCCC1)C(=O)[C@H](CC1CCC1)NC(=O)[C@H](Cc1cc(Cl)c(O)c(Cl)c1)N[C@@H](c1cccc(-n2ccnc2)c1)C(F)F. The Bertz CT molecular complexity index is 1520. The third-order valence-electron chi connectivity index (χ3n) is 9.09. The van der Waals surface area contributed by atoms with Crippen LogP contribution in [-0.2, 0) is 20.8 Å². The summed E-state index contributed by atoms with van der Waals surface area (Å²) >= 11 is 12.3. The van der Waals surface area contributed by atoms with E-state index in [1.807, 2.05) is 0 Å². The molecule has 3 aromatic rings. The summed E-state index contributed by atoms with van der Waals surface area (Å²) in [5, 5.41) is 18.3. The maximum Gasteiger partial charge on any atom is 0.289 e. The van der Waals surface area contributed by atoms with Crippen molar-refractivity contribution in [2.24, 2.45) is 5.92 Å². The number of amides is 2. The highest BCUT2D eigenvalue weighted by Crippen LogP contribution is 2.34. The van der Waals surface area contributed by atoms with Crippen molar-refractivity contribution in [3.63, 3.8) is 0 Å². The molecule has 3 atom stereocenters. The molecule has 13 heteroatoms. The number of nitrogens with zero attached hydrogens (tertiary/aromatic N) is 2. The van der Waals surface area contributed by atoms with Crippen LogP contribution in [0.5, 0.6) is 5.75 Å². The number of hydrogen-bond acceptors (Lipinski definition) is 6. The van der Waals surface area contributed by atoms with Gasteiger partial charge < -0.3 is 20.3 Å². The molecular formula is C34H39Cl2F2N5O4. The van der Waals surface area contributed by atoms with Crippen molar-refractivity contribution in [3.8, 4) is 11.4 Å². The fourth-order valence-corrected chi connectivity index (χ4v) is 6.78. The fourth-order valence-electron chi connectivity index (χ4n) is 6.25. The number of phenolic OH excluding ortho intramolecular Hbond substituents is 1. The van der Waals surface area contributed by atoms with Crippen molar-refractivity contribution < 1.29 is 28.3 Å². The summed E-state index contributed by atoms with van der Waals surface area (Å²) in [5.41, 5.74) is 1.21. The van der Waals surface area contributed by atoms with Gasteiger partial charge in [-0.05, 0) is 67.0 Å². The molecular weight excluding hydrogens is 651 g/mol. The van der Waals surface area contributed by atoms with Gasteiger partial charge in [-0.25, -0.2) is 13.8 Å². The van der Waals surface area contributed by atoms with Gasteiger partial charge in [0.1, 0.15) is 0 Å². The Morgan fingerprint density at radius 3 is 2.32 bits per heavy atom. The molecule has 0 saturated heterocycles. The molecule has 2 fully saturated rings. The number of ketones is 1. The van der Waals surface area contributed by atoms with Gasteiger partial charge in [-0.1, -0.05) is 73.9 Å². The average molecular weight is 691 g/mol. The molecule has 0 radical (unpaired) electrons. The minimum Gasteiger partial charge on any atom is -0.505 e. The number of carbonyl (C=O) groups excluding carboxylic acids is 3. The molecule has 4 N–H and O–H groups in total. The van der Waals surface area contributed by atoms with E-state index < -0.39 is 42.1 Å². The third kappa shape index (κ3) is 9.09. The molecule has 0 unspecified atom stereocenters. The van der Waals surface area contributed by atoms with E-state index in [2.05, 4.69) is 20.9 Å². The topological polar surface area (TPSA) is 125 Å². The second kappa shape index (κ2) is 16.0. The Hall–Kier alpha value is -3.54. The molecule has 5 rings (SSSR count). The van der Waals surface area contributed by atoms with Gasteiger partial charge in [0.15, 0.2) is 5.75 Å². The maximum absolute atomic E-state index is 14.8. The number of benzene rings is 2. The molecule has 1 aromatic heterocycles. The molecule has 9 nitrogen and oxygen atoms in total. The minimum atomic E-state index is -2.93. The smallest absolute Gasteiger partial charge is 0.289 e. The summed E-state index contributed by atoms with van der Waals surface area (Å²) in [6, 6.07) is 5.17. The number of halogens is 4. The van der Waals surface area contributed by atoms with Gasteiger partial charge in [-0.2, -0.15) is 0 Å². The van der Waals surface area contributed by atoms with Crippen molar-refractivity contribution in [2.45, 2.75) is 94.8 Å². The van der Waals surface area contributed by atoms with Crippen molar-refractivity contribution in [1.29, 1.82) is 0 Å². The van der Waals surface area contributed by atoms with Crippen LogP contribution >= 0.6 is 23.2 Å². The zero-order chi connectivity index (χ0) is 33.5. The first-order valence-corrected chi connectivity index (χ1v) is 16.8. The zero-order valence-electron chi connectivity index (χ0n) is 25.8. The van der Waals surface area contributed by atoms with Crippen LogP contribution in [0, 0.1) is 5.92 Å². The second-order valence-corrected chi connectivity index (χ2v) is 13.3. The van der Waals surface area contributed by atoms with Gasteiger partial charge >= 0.3 is 0 Å². The number of Topliss-reactive ketones (excluding diaryl/α,β-unsaturated/α-hetero) is 1. The average Bonchev–Trinajstić information content (AvgIpc) is 3.58. The van der Waals surface area contributed by atoms with Gasteiger partial charge in [0.25, 0.3) is 12.3 Å². The Kier molecular flexibility index (Phi) is 11.9. The lowest BCUT2D eigenvalue weighted by atomic mass is 9.80. The predicted octanol–water partition coefficient (Wildman–Crippen LogP) is 6.08. The third-order valence-corrected chi connectivity index (χ3v) is 9.66. The normalized spacial score (nSPS) is 17.5. The number of aromatic hydroxyl groups is 1. The number of hydrogen-bond donors (Lipinski definition) is 4. The van der Waals surface area contributed by atoms with E-state index in [4.69, 9.17) is 23.2 Å². The van der Waals surface area contributed by atoms with Gasteiger partial charge in [-0.3, -0.25) is 19.7 Å². The highest BCUT2D eigenvalue weighted by atomic mass is 35.5. The van der Waals surface area contributed by atoms with Crippen LogP contribution in [0.25, 0.3) is 5.69 Å². The van der Waals surface area contributed by atoms with Crippen molar-refractivity contribution >= 4 is 40.8 Å². The molecule has 0 aliphatic heterocycles. The number of nitrogens with one attached hydrogen (secondary N) is 3. The quantitative estimate of drug-likeness (QED) is 0.152. The fraction of sp³-hybridized carbons (Fsp3) is 0.471. The van der Waals surface area contributed by atoms with E-state index in [0.717, 1.165) is 51.4 Å². The Morgan fingerprint density at radius 2 is 1.70 bits per heavy atom. The maximum atomic E-state index is 14.8. The first-order valence-electron chi connectivity index (χ1n) is 16.0. The lowest BCUT2D eigenvalue weighted by molar-refractivity contribution is -0.141. The first kappa shape index (κ1) is 34.8. The largest absolute Gasteiger partial charge is 0.505 e. The lowest BCUT2D eigenvalue weighted by Gasteiger charge is -2.31. The summed E-state index contributed by atoms with van der Waals surface area (Å²) in [6.45, 7) is 0. The zero-order valence-corrected chi connectivity index (χ0v) is 27.3. The van der Waals surface area contributed by atoms with Gasteiger partial charge in [0, 0.05) is 24.1 Å². The molecule has 2 saturated carbocycles. The van der Waals surface area contributed by atoms with E-state index in [-0.39, 0.29) is 46.2 Å². The summed E-state index contributed by atoms with van der Waals surface area (Å²) in [6.07, 6.45) is 9.33. The van der Waals surface area contributed by atoms with E-state index in [1.54, 1.807) is 41.5 Å². The van der Waals surface area contributed by atoms with Crippen LogP contribution in [0.1, 0.15) is 75.0 Å². The molecule has 0 spiro atoms. The Balaban J connectivity index is 1.41.